The zero-order valence-corrected chi connectivity index (χ0v) is 15.3. The second-order valence-electron chi connectivity index (χ2n) is 6.42. The molecule has 4 heteroatoms. The first-order valence-electron chi connectivity index (χ1n) is 9.11. The molecule has 1 N–H and O–H groups in total. The van der Waals surface area contributed by atoms with E-state index in [2.05, 4.69) is 67.4 Å². The summed E-state index contributed by atoms with van der Waals surface area (Å²) in [5, 5.41) is 3.32. The van der Waals surface area contributed by atoms with Crippen molar-refractivity contribution in [1.29, 1.82) is 0 Å². The Morgan fingerprint density at radius 2 is 2.04 bits per heavy atom. The van der Waals surface area contributed by atoms with Crippen LogP contribution in [-0.2, 0) is 4.74 Å². The molecule has 0 radical (unpaired) electrons. The minimum atomic E-state index is -0.409. The number of rotatable bonds is 7. The maximum Gasteiger partial charge on any atom is 0.142 e. The molecular weight excluding hydrogens is 312 g/mol. The predicted octanol–water partition coefficient (Wildman–Crippen LogP) is 3.98. The molecule has 0 saturated carbocycles. The van der Waals surface area contributed by atoms with Crippen LogP contribution in [0.4, 0.5) is 5.69 Å². The lowest BCUT2D eigenvalue weighted by Crippen LogP contribution is -2.44. The number of fused-ring (bicyclic) bond motifs is 1. The minimum absolute atomic E-state index is 0.120. The van der Waals surface area contributed by atoms with E-state index in [0.717, 1.165) is 24.5 Å². The molecule has 1 fully saturated rings. The third-order valence-corrected chi connectivity index (χ3v) is 4.72. The summed E-state index contributed by atoms with van der Waals surface area (Å²) in [4.78, 5) is 2.38. The van der Waals surface area contributed by atoms with E-state index >= 15 is 0 Å². The van der Waals surface area contributed by atoms with Gasteiger partial charge in [0.1, 0.15) is 18.1 Å². The van der Waals surface area contributed by atoms with Gasteiger partial charge in [0, 0.05) is 6.54 Å². The van der Waals surface area contributed by atoms with Gasteiger partial charge in [-0.15, -0.1) is 0 Å². The van der Waals surface area contributed by atoms with Crippen LogP contribution in [0.2, 0.25) is 0 Å². The van der Waals surface area contributed by atoms with Gasteiger partial charge < -0.3 is 14.8 Å². The standard InChI is InChI=1S/C21H28N2O2/c1-4-22-17-11-6-8-13-19(17)24-16-10-15-21(3)23(5-2)18-12-7-9-14-20(18)25-21/h6-15,18,20,22H,4-5,16H2,1-3H3. The molecule has 25 heavy (non-hydrogen) atoms. The van der Waals surface area contributed by atoms with Crippen LogP contribution in [0.25, 0.3) is 0 Å². The predicted molar refractivity (Wildman–Crippen MR) is 103 cm³/mol. The number of para-hydroxylation sites is 2. The molecule has 1 saturated heterocycles. The van der Waals surface area contributed by atoms with Crippen LogP contribution in [0.5, 0.6) is 5.75 Å². The Bertz CT molecular complexity index is 668. The van der Waals surface area contributed by atoms with Crippen molar-refractivity contribution in [3.8, 4) is 5.75 Å². The average molecular weight is 340 g/mol. The fraction of sp³-hybridized carbons (Fsp3) is 0.429. The molecule has 2 aliphatic rings. The number of benzene rings is 1. The van der Waals surface area contributed by atoms with Gasteiger partial charge in [-0.3, -0.25) is 4.90 Å². The van der Waals surface area contributed by atoms with Crippen LogP contribution in [0.15, 0.2) is 60.7 Å². The molecule has 0 amide bonds. The van der Waals surface area contributed by atoms with E-state index in [1.807, 2.05) is 24.3 Å². The fourth-order valence-corrected chi connectivity index (χ4v) is 3.60. The van der Waals surface area contributed by atoms with E-state index in [0.29, 0.717) is 12.6 Å². The Labute approximate surface area is 150 Å². The van der Waals surface area contributed by atoms with E-state index in [9.17, 15) is 0 Å². The first kappa shape index (κ1) is 17.8. The van der Waals surface area contributed by atoms with Gasteiger partial charge in [0.25, 0.3) is 0 Å². The third-order valence-electron chi connectivity index (χ3n) is 4.72. The lowest BCUT2D eigenvalue weighted by atomic mass is 10.0. The van der Waals surface area contributed by atoms with Crippen LogP contribution < -0.4 is 10.1 Å². The molecule has 3 atom stereocenters. The summed E-state index contributed by atoms with van der Waals surface area (Å²) < 4.78 is 12.2. The second kappa shape index (κ2) is 7.89. The molecule has 0 bridgehead atoms. The van der Waals surface area contributed by atoms with Crippen molar-refractivity contribution in [3.63, 3.8) is 0 Å². The van der Waals surface area contributed by atoms with Crippen molar-refractivity contribution < 1.29 is 9.47 Å². The Balaban J connectivity index is 1.64. The normalized spacial score (nSPS) is 28.4. The number of allylic oxidation sites excluding steroid dienone is 2. The fourth-order valence-electron chi connectivity index (χ4n) is 3.60. The molecule has 1 aliphatic carbocycles. The van der Waals surface area contributed by atoms with E-state index in [4.69, 9.17) is 9.47 Å². The van der Waals surface area contributed by atoms with Gasteiger partial charge in [-0.2, -0.15) is 0 Å². The summed E-state index contributed by atoms with van der Waals surface area (Å²) in [5.74, 6) is 0.873. The molecule has 3 unspecified atom stereocenters. The lowest BCUT2D eigenvalue weighted by molar-refractivity contribution is -0.0390. The number of anilines is 1. The molecule has 4 nitrogen and oxygen atoms in total. The second-order valence-corrected chi connectivity index (χ2v) is 6.42. The first-order valence-corrected chi connectivity index (χ1v) is 9.11. The molecule has 1 aromatic rings. The molecule has 3 rings (SSSR count). The number of hydrogen-bond acceptors (Lipinski definition) is 4. The minimum Gasteiger partial charge on any atom is -0.487 e. The van der Waals surface area contributed by atoms with Crippen LogP contribution in [0.1, 0.15) is 20.8 Å². The maximum atomic E-state index is 6.30. The lowest BCUT2D eigenvalue weighted by Gasteiger charge is -2.32. The van der Waals surface area contributed by atoms with Crippen LogP contribution in [-0.4, -0.2) is 42.5 Å². The Hall–Kier alpha value is -2.04. The smallest absolute Gasteiger partial charge is 0.142 e. The zero-order chi connectivity index (χ0) is 17.7. The summed E-state index contributed by atoms with van der Waals surface area (Å²) in [5.41, 5.74) is 0.617. The largest absolute Gasteiger partial charge is 0.487 e. The van der Waals surface area contributed by atoms with Crippen molar-refractivity contribution >= 4 is 5.69 Å². The highest BCUT2D eigenvalue weighted by atomic mass is 16.5. The van der Waals surface area contributed by atoms with E-state index in [-0.39, 0.29) is 6.10 Å². The van der Waals surface area contributed by atoms with Gasteiger partial charge in [-0.05, 0) is 44.7 Å². The number of nitrogens with one attached hydrogen (secondary N) is 1. The summed E-state index contributed by atoms with van der Waals surface area (Å²) in [7, 11) is 0. The zero-order valence-electron chi connectivity index (χ0n) is 15.3. The molecule has 1 aromatic carbocycles. The molecule has 0 aromatic heterocycles. The van der Waals surface area contributed by atoms with Crippen LogP contribution >= 0.6 is 0 Å². The maximum absolute atomic E-state index is 6.30. The third kappa shape index (κ3) is 3.80. The highest BCUT2D eigenvalue weighted by molar-refractivity contribution is 5.56. The summed E-state index contributed by atoms with van der Waals surface area (Å²) in [6.07, 6.45) is 12.8. The Kier molecular flexibility index (Phi) is 5.61. The summed E-state index contributed by atoms with van der Waals surface area (Å²) in [6, 6.07) is 8.33. The van der Waals surface area contributed by atoms with Crippen molar-refractivity contribution in [1.82, 2.24) is 4.90 Å². The van der Waals surface area contributed by atoms with Crippen molar-refractivity contribution in [3.05, 3.63) is 60.7 Å². The van der Waals surface area contributed by atoms with Gasteiger partial charge in [0.2, 0.25) is 0 Å². The van der Waals surface area contributed by atoms with Gasteiger partial charge >= 0.3 is 0 Å². The number of nitrogens with zero attached hydrogens (tertiary/aromatic N) is 1. The summed E-state index contributed by atoms with van der Waals surface area (Å²) in [6.45, 7) is 8.70. The molecule has 134 valence electrons. The molecule has 1 heterocycles. The number of likely N-dealkylation sites (N-methyl/N-ethyl adjacent to an activating group) is 1. The van der Waals surface area contributed by atoms with Crippen LogP contribution in [0.3, 0.4) is 0 Å². The monoisotopic (exact) mass is 340 g/mol. The molecule has 1 aliphatic heterocycles. The first-order chi connectivity index (χ1) is 12.2. The number of hydrogen-bond donors (Lipinski definition) is 1. The van der Waals surface area contributed by atoms with Gasteiger partial charge in [-0.1, -0.05) is 43.4 Å². The SMILES string of the molecule is CCNc1ccccc1OCC=CC1(C)OC2C=CC=CC2N1CC. The summed E-state index contributed by atoms with van der Waals surface area (Å²) >= 11 is 0. The molecular formula is C21H28N2O2. The quantitative estimate of drug-likeness (QED) is 0.761. The van der Waals surface area contributed by atoms with Crippen molar-refractivity contribution in [2.75, 3.05) is 25.0 Å². The van der Waals surface area contributed by atoms with Crippen LogP contribution in [0, 0.1) is 0 Å². The van der Waals surface area contributed by atoms with Crippen molar-refractivity contribution in [2.45, 2.75) is 38.6 Å². The Morgan fingerprint density at radius 3 is 2.84 bits per heavy atom. The highest BCUT2D eigenvalue weighted by Crippen LogP contribution is 2.36. The van der Waals surface area contributed by atoms with E-state index < -0.39 is 5.72 Å². The Morgan fingerprint density at radius 1 is 1.24 bits per heavy atom. The molecule has 0 spiro atoms. The van der Waals surface area contributed by atoms with E-state index in [1.54, 1.807) is 0 Å². The van der Waals surface area contributed by atoms with E-state index in [1.165, 1.54) is 0 Å². The van der Waals surface area contributed by atoms with Gasteiger partial charge in [0.05, 0.1) is 17.8 Å². The topological polar surface area (TPSA) is 33.7 Å². The number of ether oxygens (including phenoxy) is 2. The van der Waals surface area contributed by atoms with Gasteiger partial charge in [0.15, 0.2) is 0 Å². The highest BCUT2D eigenvalue weighted by Gasteiger charge is 2.46. The average Bonchev–Trinajstić information content (AvgIpc) is 2.91. The van der Waals surface area contributed by atoms with Gasteiger partial charge in [-0.25, -0.2) is 0 Å². The van der Waals surface area contributed by atoms with Crippen molar-refractivity contribution in [2.24, 2.45) is 0 Å².